The van der Waals surface area contributed by atoms with Gasteiger partial charge in [-0.2, -0.15) is 0 Å². The molecular weight excluding hydrogens is 392 g/mol. The highest BCUT2D eigenvalue weighted by Crippen LogP contribution is 2.33. The van der Waals surface area contributed by atoms with Gasteiger partial charge >= 0.3 is 0 Å². The first-order valence-corrected chi connectivity index (χ1v) is 10.7. The van der Waals surface area contributed by atoms with Crippen molar-refractivity contribution in [2.24, 2.45) is 5.73 Å². The monoisotopic (exact) mass is 414 g/mol. The molecule has 1 amide bonds. The van der Waals surface area contributed by atoms with Crippen molar-refractivity contribution in [3.8, 4) is 0 Å². The Morgan fingerprint density at radius 2 is 2.19 bits per heavy atom. The van der Waals surface area contributed by atoms with Crippen LogP contribution in [0.15, 0.2) is 4.79 Å². The molecule has 4 rings (SSSR count). The quantitative estimate of drug-likeness (QED) is 0.799. The van der Waals surface area contributed by atoms with Crippen molar-refractivity contribution in [1.82, 2.24) is 14.9 Å². The first-order valence-electron chi connectivity index (χ1n) is 8.76. The number of carbonyl (C=O) groups is 1. The molecule has 0 radical (unpaired) electrons. The number of halogens is 1. The number of carbonyl (C=O) groups excluding carboxylic acids is 1. The first kappa shape index (κ1) is 19.7. The van der Waals surface area contributed by atoms with E-state index >= 15 is 0 Å². The van der Waals surface area contributed by atoms with Gasteiger partial charge in [-0.05, 0) is 37.7 Å². The summed E-state index contributed by atoms with van der Waals surface area (Å²) >= 11 is 3.15. The van der Waals surface area contributed by atoms with Crippen LogP contribution in [0.3, 0.4) is 0 Å². The van der Waals surface area contributed by atoms with Crippen LogP contribution in [-0.2, 0) is 23.4 Å². The normalized spacial score (nSPS) is 19.4. The molecule has 0 bridgehead atoms. The number of nitrogens with two attached hydrogens (primary N) is 1. The average Bonchev–Trinajstić information content (AvgIpc) is 3.18. The molecule has 3 heterocycles. The van der Waals surface area contributed by atoms with Gasteiger partial charge in [0.05, 0.1) is 16.9 Å². The maximum Gasteiger partial charge on any atom is 0.259 e. The number of hydrogen-bond donors (Lipinski definition) is 2. The summed E-state index contributed by atoms with van der Waals surface area (Å²) in [4.78, 5) is 36.2. The minimum atomic E-state index is -0.0307. The van der Waals surface area contributed by atoms with Gasteiger partial charge in [-0.1, -0.05) is 0 Å². The summed E-state index contributed by atoms with van der Waals surface area (Å²) in [6.45, 7) is 1.41. The standard InChI is InChI=1S/C17H22N4O2S2.ClH/c18-10-5-6-21(7-10)14(22)9-24-8-13-19-16(23)15-11-3-1-2-4-12(11)25-17(15)20-13;/h10H,1-9,18H2,(H,19,20,23);1H/t10-;/m1./s1. The fourth-order valence-electron chi connectivity index (χ4n) is 3.62. The maximum atomic E-state index is 12.5. The highest BCUT2D eigenvalue weighted by molar-refractivity contribution is 7.99. The lowest BCUT2D eigenvalue weighted by molar-refractivity contribution is -0.127. The van der Waals surface area contributed by atoms with Crippen LogP contribution < -0.4 is 11.3 Å². The Bertz CT molecular complexity index is 866. The molecule has 0 spiro atoms. The molecule has 1 atom stereocenters. The second kappa shape index (κ2) is 8.29. The molecule has 0 unspecified atom stereocenters. The number of thioether (sulfide) groups is 1. The van der Waals surface area contributed by atoms with Gasteiger partial charge in [0.1, 0.15) is 10.7 Å². The molecule has 2 aliphatic rings. The van der Waals surface area contributed by atoms with Gasteiger partial charge < -0.3 is 15.6 Å². The number of likely N-dealkylation sites (tertiary alicyclic amines) is 1. The molecule has 0 saturated carbocycles. The highest BCUT2D eigenvalue weighted by atomic mass is 35.5. The van der Waals surface area contributed by atoms with Crippen LogP contribution in [0.2, 0.25) is 0 Å². The van der Waals surface area contributed by atoms with Crippen LogP contribution in [0.4, 0.5) is 0 Å². The van der Waals surface area contributed by atoms with E-state index in [0.29, 0.717) is 23.9 Å². The van der Waals surface area contributed by atoms with E-state index in [-0.39, 0.29) is 29.9 Å². The number of amides is 1. The number of H-pyrrole nitrogens is 1. The van der Waals surface area contributed by atoms with Gasteiger partial charge in [-0.3, -0.25) is 9.59 Å². The van der Waals surface area contributed by atoms with Gasteiger partial charge in [-0.15, -0.1) is 35.5 Å². The summed E-state index contributed by atoms with van der Waals surface area (Å²) in [6, 6.07) is 0.110. The SMILES string of the molecule is Cl.N[C@@H]1CCN(C(=O)CSCc2nc3sc4c(c3c(=O)[nH]2)CCCC4)C1. The van der Waals surface area contributed by atoms with Crippen LogP contribution in [0.1, 0.15) is 35.5 Å². The van der Waals surface area contributed by atoms with E-state index in [1.54, 1.807) is 11.3 Å². The lowest BCUT2D eigenvalue weighted by Gasteiger charge is -2.15. The smallest absolute Gasteiger partial charge is 0.259 e. The summed E-state index contributed by atoms with van der Waals surface area (Å²) in [7, 11) is 0. The molecule has 9 heteroatoms. The Hall–Kier alpha value is -1.09. The van der Waals surface area contributed by atoms with Crippen molar-refractivity contribution in [1.29, 1.82) is 0 Å². The molecular formula is C17H23ClN4O2S2. The van der Waals surface area contributed by atoms with E-state index in [4.69, 9.17) is 5.73 Å². The lowest BCUT2D eigenvalue weighted by atomic mass is 9.97. The van der Waals surface area contributed by atoms with E-state index in [1.807, 2.05) is 4.90 Å². The number of aryl methyl sites for hydroxylation is 2. The van der Waals surface area contributed by atoms with E-state index < -0.39 is 0 Å². The van der Waals surface area contributed by atoms with Crippen molar-refractivity contribution >= 4 is 51.6 Å². The summed E-state index contributed by atoms with van der Waals surface area (Å²) in [6.07, 6.45) is 5.28. The molecule has 2 aromatic heterocycles. The van der Waals surface area contributed by atoms with Gasteiger partial charge in [0, 0.05) is 24.0 Å². The third-order valence-electron chi connectivity index (χ3n) is 4.92. The predicted octanol–water partition coefficient (Wildman–Crippen LogP) is 2.08. The highest BCUT2D eigenvalue weighted by Gasteiger charge is 2.23. The number of aromatic nitrogens is 2. The van der Waals surface area contributed by atoms with Gasteiger partial charge in [-0.25, -0.2) is 4.98 Å². The van der Waals surface area contributed by atoms with Gasteiger partial charge in [0.2, 0.25) is 5.91 Å². The number of rotatable bonds is 4. The third kappa shape index (κ3) is 3.93. The number of aromatic amines is 1. The van der Waals surface area contributed by atoms with E-state index in [0.717, 1.165) is 42.4 Å². The Balaban J connectivity index is 0.00000196. The van der Waals surface area contributed by atoms with Crippen molar-refractivity contribution in [3.63, 3.8) is 0 Å². The van der Waals surface area contributed by atoms with E-state index in [1.165, 1.54) is 28.6 Å². The van der Waals surface area contributed by atoms with Gasteiger partial charge in [0.25, 0.3) is 5.56 Å². The average molecular weight is 415 g/mol. The zero-order chi connectivity index (χ0) is 17.4. The Kier molecular flexibility index (Phi) is 6.27. The number of nitrogens with zero attached hydrogens (tertiary/aromatic N) is 2. The van der Waals surface area contributed by atoms with Crippen LogP contribution in [0, 0.1) is 0 Å². The molecule has 1 aliphatic carbocycles. The Morgan fingerprint density at radius 3 is 2.96 bits per heavy atom. The van der Waals surface area contributed by atoms with E-state index in [2.05, 4.69) is 9.97 Å². The Labute approximate surface area is 166 Å². The zero-order valence-corrected chi connectivity index (χ0v) is 16.9. The van der Waals surface area contributed by atoms with E-state index in [9.17, 15) is 9.59 Å². The molecule has 0 aromatic carbocycles. The largest absolute Gasteiger partial charge is 0.340 e. The fourth-order valence-corrected chi connectivity index (χ4v) is 5.69. The predicted molar refractivity (Wildman–Crippen MR) is 109 cm³/mol. The summed E-state index contributed by atoms with van der Waals surface area (Å²) < 4.78 is 0. The van der Waals surface area contributed by atoms with Crippen molar-refractivity contribution in [2.75, 3.05) is 18.8 Å². The zero-order valence-electron chi connectivity index (χ0n) is 14.5. The molecule has 1 fully saturated rings. The Morgan fingerprint density at radius 1 is 1.38 bits per heavy atom. The fraction of sp³-hybridized carbons (Fsp3) is 0.588. The second-order valence-corrected chi connectivity index (χ2v) is 8.85. The molecule has 26 heavy (non-hydrogen) atoms. The molecule has 2 aromatic rings. The number of fused-ring (bicyclic) bond motifs is 3. The number of thiophene rings is 1. The number of nitrogens with one attached hydrogen (secondary N) is 1. The van der Waals surface area contributed by atoms with Gasteiger partial charge in [0.15, 0.2) is 0 Å². The second-order valence-electron chi connectivity index (χ2n) is 6.78. The van der Waals surface area contributed by atoms with Crippen LogP contribution >= 0.6 is 35.5 Å². The minimum absolute atomic E-state index is 0. The van der Waals surface area contributed by atoms with Crippen LogP contribution in [0.25, 0.3) is 10.2 Å². The maximum absolute atomic E-state index is 12.5. The van der Waals surface area contributed by atoms with Crippen molar-refractivity contribution in [2.45, 2.75) is 43.9 Å². The summed E-state index contributed by atoms with van der Waals surface area (Å²) in [5.41, 5.74) is 7.02. The number of hydrogen-bond acceptors (Lipinski definition) is 6. The third-order valence-corrected chi connectivity index (χ3v) is 7.03. The summed E-state index contributed by atoms with van der Waals surface area (Å²) in [5.74, 6) is 1.72. The van der Waals surface area contributed by atoms with Crippen LogP contribution in [0.5, 0.6) is 0 Å². The lowest BCUT2D eigenvalue weighted by Crippen LogP contribution is -2.33. The molecule has 1 saturated heterocycles. The molecule has 6 nitrogen and oxygen atoms in total. The van der Waals surface area contributed by atoms with Crippen LogP contribution in [-0.4, -0.2) is 45.7 Å². The van der Waals surface area contributed by atoms with Crippen molar-refractivity contribution in [3.05, 3.63) is 26.6 Å². The molecule has 3 N–H and O–H groups in total. The topological polar surface area (TPSA) is 92.1 Å². The molecule has 142 valence electrons. The van der Waals surface area contributed by atoms with Crippen molar-refractivity contribution < 1.29 is 4.79 Å². The molecule has 1 aliphatic heterocycles. The minimum Gasteiger partial charge on any atom is -0.340 e. The first-order chi connectivity index (χ1) is 12.1. The summed E-state index contributed by atoms with van der Waals surface area (Å²) in [5, 5.41) is 0.788.